The van der Waals surface area contributed by atoms with Gasteiger partial charge >= 0.3 is 0 Å². The highest BCUT2D eigenvalue weighted by Gasteiger charge is 2.08. The quantitative estimate of drug-likeness (QED) is 0.676. The van der Waals surface area contributed by atoms with Crippen molar-refractivity contribution in [2.45, 2.75) is 13.1 Å². The van der Waals surface area contributed by atoms with Crippen molar-refractivity contribution in [3.8, 4) is 0 Å². The van der Waals surface area contributed by atoms with Crippen LogP contribution in [0.1, 0.15) is 21.5 Å². The van der Waals surface area contributed by atoms with Gasteiger partial charge in [-0.1, -0.05) is 41.9 Å². The monoisotopic (exact) mass is 369 g/mol. The van der Waals surface area contributed by atoms with Gasteiger partial charge in [-0.3, -0.25) is 9.78 Å². The third-order valence-corrected chi connectivity index (χ3v) is 4.06. The number of hydrogen-bond donors (Lipinski definition) is 2. The lowest BCUT2D eigenvalue weighted by Crippen LogP contribution is -2.23. The van der Waals surface area contributed by atoms with E-state index in [1.54, 1.807) is 30.5 Å². The minimum Gasteiger partial charge on any atom is -0.380 e. The highest BCUT2D eigenvalue weighted by molar-refractivity contribution is 6.30. The van der Waals surface area contributed by atoms with Crippen LogP contribution in [0.4, 0.5) is 10.1 Å². The lowest BCUT2D eigenvalue weighted by atomic mass is 10.2. The molecule has 0 spiro atoms. The first-order chi connectivity index (χ1) is 12.6. The normalized spacial score (nSPS) is 10.4. The Hall–Kier alpha value is -2.92. The van der Waals surface area contributed by atoms with Gasteiger partial charge in [-0.15, -0.1) is 0 Å². The molecular formula is C20H17ClFN3O. The van der Waals surface area contributed by atoms with Gasteiger partial charge in [-0.05, 0) is 29.8 Å². The molecule has 0 bridgehead atoms. The van der Waals surface area contributed by atoms with E-state index in [-0.39, 0.29) is 18.3 Å². The van der Waals surface area contributed by atoms with Gasteiger partial charge in [0.2, 0.25) is 0 Å². The Morgan fingerprint density at radius 3 is 2.58 bits per heavy atom. The Balaban J connectivity index is 1.60. The molecule has 0 aliphatic carbocycles. The van der Waals surface area contributed by atoms with Crippen molar-refractivity contribution in [1.82, 2.24) is 10.3 Å². The first-order valence-electron chi connectivity index (χ1n) is 8.07. The number of anilines is 1. The molecule has 2 aromatic carbocycles. The summed E-state index contributed by atoms with van der Waals surface area (Å²) in [7, 11) is 0. The number of carbonyl (C=O) groups excluding carboxylic acids is 1. The number of nitrogens with zero attached hydrogens (tertiary/aromatic N) is 1. The number of amides is 1. The van der Waals surface area contributed by atoms with Crippen molar-refractivity contribution < 1.29 is 9.18 Å². The van der Waals surface area contributed by atoms with E-state index < -0.39 is 0 Å². The lowest BCUT2D eigenvalue weighted by molar-refractivity contribution is 0.0950. The molecule has 0 radical (unpaired) electrons. The fourth-order valence-electron chi connectivity index (χ4n) is 2.39. The number of nitrogens with one attached hydrogen (secondary N) is 2. The molecule has 0 saturated carbocycles. The van der Waals surface area contributed by atoms with Crippen molar-refractivity contribution in [2.24, 2.45) is 0 Å². The number of halogens is 2. The van der Waals surface area contributed by atoms with Crippen LogP contribution in [0.3, 0.4) is 0 Å². The molecule has 4 nitrogen and oxygen atoms in total. The van der Waals surface area contributed by atoms with Crippen LogP contribution in [0.5, 0.6) is 0 Å². The molecular weight excluding hydrogens is 353 g/mol. The lowest BCUT2D eigenvalue weighted by Gasteiger charge is -2.09. The Labute approximate surface area is 156 Å². The van der Waals surface area contributed by atoms with Gasteiger partial charge in [0.05, 0.1) is 11.3 Å². The van der Waals surface area contributed by atoms with E-state index in [0.717, 1.165) is 11.3 Å². The number of hydrogen-bond acceptors (Lipinski definition) is 3. The number of pyridine rings is 1. The molecule has 6 heteroatoms. The molecule has 0 aliphatic rings. The van der Waals surface area contributed by atoms with Gasteiger partial charge in [0.15, 0.2) is 0 Å². The zero-order valence-electron chi connectivity index (χ0n) is 13.9. The average Bonchev–Trinajstić information content (AvgIpc) is 2.67. The molecule has 0 aliphatic heterocycles. The van der Waals surface area contributed by atoms with E-state index >= 15 is 0 Å². The summed E-state index contributed by atoms with van der Waals surface area (Å²) in [6.45, 7) is 0.701. The van der Waals surface area contributed by atoms with E-state index in [4.69, 9.17) is 11.6 Å². The molecule has 1 aromatic heterocycles. The van der Waals surface area contributed by atoms with Crippen LogP contribution in [0.25, 0.3) is 0 Å². The predicted octanol–water partition coefficient (Wildman–Crippen LogP) is 4.42. The topological polar surface area (TPSA) is 54.0 Å². The Bertz CT molecular complexity index is 900. The Kier molecular flexibility index (Phi) is 5.81. The summed E-state index contributed by atoms with van der Waals surface area (Å²) in [5.74, 6) is -0.653. The van der Waals surface area contributed by atoms with Crippen LogP contribution in [-0.2, 0) is 13.1 Å². The first kappa shape index (κ1) is 17.9. The average molecular weight is 370 g/mol. The van der Waals surface area contributed by atoms with Gasteiger partial charge in [-0.25, -0.2) is 4.39 Å². The second-order valence-corrected chi connectivity index (χ2v) is 6.15. The zero-order valence-corrected chi connectivity index (χ0v) is 14.6. The third-order valence-electron chi connectivity index (χ3n) is 3.81. The van der Waals surface area contributed by atoms with Crippen molar-refractivity contribution in [1.29, 1.82) is 0 Å². The second kappa shape index (κ2) is 8.45. The SMILES string of the molecule is O=C(NCc1ccccc1F)c1cncc(NCc2ccc(Cl)cc2)c1. The second-order valence-electron chi connectivity index (χ2n) is 5.72. The molecule has 1 amide bonds. The summed E-state index contributed by atoms with van der Waals surface area (Å²) >= 11 is 5.87. The van der Waals surface area contributed by atoms with Crippen LogP contribution in [0, 0.1) is 5.82 Å². The third kappa shape index (κ3) is 4.80. The fourth-order valence-corrected chi connectivity index (χ4v) is 2.51. The minimum absolute atomic E-state index is 0.119. The van der Waals surface area contributed by atoms with Crippen LogP contribution >= 0.6 is 11.6 Å². The maximum absolute atomic E-state index is 13.6. The molecule has 132 valence electrons. The standard InChI is InChI=1S/C20H17ClFN3O/c21-17-7-5-14(6-8-17)10-24-18-9-16(11-23-13-18)20(26)25-12-15-3-1-2-4-19(15)22/h1-9,11,13,24H,10,12H2,(H,25,26). The maximum atomic E-state index is 13.6. The van der Waals surface area contributed by atoms with E-state index in [1.165, 1.54) is 12.3 Å². The Morgan fingerprint density at radius 2 is 1.81 bits per heavy atom. The van der Waals surface area contributed by atoms with Crippen molar-refractivity contribution in [3.05, 3.63) is 94.5 Å². The molecule has 3 aromatic rings. The number of benzene rings is 2. The maximum Gasteiger partial charge on any atom is 0.253 e. The van der Waals surface area contributed by atoms with Gasteiger partial charge < -0.3 is 10.6 Å². The molecule has 0 atom stereocenters. The number of rotatable bonds is 6. The molecule has 3 rings (SSSR count). The van der Waals surface area contributed by atoms with Gasteiger partial charge in [0, 0.05) is 36.1 Å². The summed E-state index contributed by atoms with van der Waals surface area (Å²) in [6.07, 6.45) is 3.12. The van der Waals surface area contributed by atoms with Gasteiger partial charge in [0.25, 0.3) is 5.91 Å². The summed E-state index contributed by atoms with van der Waals surface area (Å²) in [5, 5.41) is 6.60. The van der Waals surface area contributed by atoms with E-state index in [9.17, 15) is 9.18 Å². The molecule has 0 saturated heterocycles. The highest BCUT2D eigenvalue weighted by atomic mass is 35.5. The molecule has 1 heterocycles. The van der Waals surface area contributed by atoms with Crippen LogP contribution in [0.2, 0.25) is 5.02 Å². The van der Waals surface area contributed by atoms with Crippen molar-refractivity contribution in [3.63, 3.8) is 0 Å². The molecule has 26 heavy (non-hydrogen) atoms. The largest absolute Gasteiger partial charge is 0.380 e. The van der Waals surface area contributed by atoms with Gasteiger partial charge in [-0.2, -0.15) is 0 Å². The summed E-state index contributed by atoms with van der Waals surface area (Å²) in [5.41, 5.74) is 2.62. The van der Waals surface area contributed by atoms with E-state index in [2.05, 4.69) is 15.6 Å². The molecule has 0 unspecified atom stereocenters. The molecule has 0 fully saturated rings. The van der Waals surface area contributed by atoms with Crippen LogP contribution < -0.4 is 10.6 Å². The number of aromatic nitrogens is 1. The predicted molar refractivity (Wildman–Crippen MR) is 101 cm³/mol. The summed E-state index contributed by atoms with van der Waals surface area (Å²) in [6, 6.07) is 15.5. The summed E-state index contributed by atoms with van der Waals surface area (Å²) in [4.78, 5) is 16.4. The zero-order chi connectivity index (χ0) is 18.4. The van der Waals surface area contributed by atoms with Crippen LogP contribution in [0.15, 0.2) is 67.0 Å². The van der Waals surface area contributed by atoms with Crippen molar-refractivity contribution in [2.75, 3.05) is 5.32 Å². The Morgan fingerprint density at radius 1 is 1.04 bits per heavy atom. The number of carbonyl (C=O) groups is 1. The van der Waals surface area contributed by atoms with E-state index in [0.29, 0.717) is 22.7 Å². The highest BCUT2D eigenvalue weighted by Crippen LogP contribution is 2.13. The fraction of sp³-hybridized carbons (Fsp3) is 0.100. The summed E-state index contributed by atoms with van der Waals surface area (Å²) < 4.78 is 13.6. The first-order valence-corrected chi connectivity index (χ1v) is 8.44. The smallest absolute Gasteiger partial charge is 0.253 e. The molecule has 2 N–H and O–H groups in total. The van der Waals surface area contributed by atoms with E-state index in [1.807, 2.05) is 24.3 Å². The minimum atomic E-state index is -0.343. The van der Waals surface area contributed by atoms with Gasteiger partial charge in [0.1, 0.15) is 5.82 Å². The van der Waals surface area contributed by atoms with Crippen molar-refractivity contribution >= 4 is 23.2 Å². The van der Waals surface area contributed by atoms with Crippen LogP contribution in [-0.4, -0.2) is 10.9 Å².